The molecule has 2 fully saturated rings. The number of aromatic amines is 1. The van der Waals surface area contributed by atoms with Crippen LogP contribution in [0.3, 0.4) is 0 Å². The number of nitrogens with zero attached hydrogens (tertiary/aromatic N) is 2. The summed E-state index contributed by atoms with van der Waals surface area (Å²) in [6.07, 6.45) is -3.22. The third-order valence-corrected chi connectivity index (χ3v) is 3.81. The summed E-state index contributed by atoms with van der Waals surface area (Å²) in [4.78, 5) is 36.4. The summed E-state index contributed by atoms with van der Waals surface area (Å²) >= 11 is 0. The molecule has 126 valence electrons. The maximum atomic E-state index is 12.1. The van der Waals surface area contributed by atoms with Crippen LogP contribution in [0.15, 0.2) is 14.8 Å². The third-order valence-electron chi connectivity index (χ3n) is 3.81. The van der Waals surface area contributed by atoms with E-state index in [-0.39, 0.29) is 6.61 Å². The normalized spacial score (nSPS) is 32.0. The van der Waals surface area contributed by atoms with Gasteiger partial charge in [-0.05, 0) is 19.0 Å². The molecular formula is C12H16N4O7. The first-order valence-corrected chi connectivity index (χ1v) is 6.88. The summed E-state index contributed by atoms with van der Waals surface area (Å²) < 4.78 is 17.8. The topological polar surface area (TPSA) is 158 Å². The van der Waals surface area contributed by atoms with Gasteiger partial charge in [0.1, 0.15) is 24.1 Å². The minimum Gasteiger partial charge on any atom is -0.394 e. The summed E-state index contributed by atoms with van der Waals surface area (Å²) in [5.74, 6) is -1.39. The van der Waals surface area contributed by atoms with Crippen molar-refractivity contribution in [1.29, 1.82) is 0 Å². The van der Waals surface area contributed by atoms with E-state index in [4.69, 9.17) is 19.9 Å². The molecule has 0 bridgehead atoms. The summed E-state index contributed by atoms with van der Waals surface area (Å²) in [6.45, 7) is 2.98. The van der Waals surface area contributed by atoms with Gasteiger partial charge >= 0.3 is 5.69 Å². The first kappa shape index (κ1) is 15.8. The van der Waals surface area contributed by atoms with Crippen molar-refractivity contribution in [1.82, 2.24) is 9.55 Å². The van der Waals surface area contributed by atoms with Gasteiger partial charge in [0, 0.05) is 0 Å². The quantitative estimate of drug-likeness (QED) is 0.591. The van der Waals surface area contributed by atoms with Crippen LogP contribution in [0, 0.1) is 4.91 Å². The maximum Gasteiger partial charge on any atom is 0.332 e. The molecule has 1 aromatic heterocycles. The van der Waals surface area contributed by atoms with E-state index >= 15 is 0 Å². The zero-order valence-electron chi connectivity index (χ0n) is 12.4. The lowest BCUT2D eigenvalue weighted by atomic mass is 10.1. The molecule has 11 nitrogen and oxygen atoms in total. The first-order chi connectivity index (χ1) is 10.8. The first-order valence-electron chi connectivity index (χ1n) is 6.88. The minimum atomic E-state index is -1.08. The summed E-state index contributed by atoms with van der Waals surface area (Å²) in [5.41, 5.74) is 3.22. The Morgan fingerprint density at radius 2 is 2.00 bits per heavy atom. The lowest BCUT2D eigenvalue weighted by Crippen LogP contribution is -2.39. The number of rotatable bonds is 3. The fourth-order valence-corrected chi connectivity index (χ4v) is 2.91. The van der Waals surface area contributed by atoms with E-state index in [1.54, 1.807) is 13.8 Å². The van der Waals surface area contributed by atoms with Crippen LogP contribution in [0.5, 0.6) is 0 Å². The zero-order chi connectivity index (χ0) is 16.9. The van der Waals surface area contributed by atoms with Gasteiger partial charge in [0.2, 0.25) is 5.69 Å². The smallest absolute Gasteiger partial charge is 0.332 e. The Balaban J connectivity index is 2.11. The van der Waals surface area contributed by atoms with Gasteiger partial charge in [0.25, 0.3) is 5.56 Å². The second-order valence-corrected chi connectivity index (χ2v) is 5.77. The molecular weight excluding hydrogens is 312 g/mol. The standard InChI is InChI=1S/C12H16N4O7/c1-12(2)22-6-4(3-17)21-10(7(6)23-12)16-8(13)5(15-20)9(18)14-11(16)19/h4,6-7,10,17H,3,13H2,1-2H3,(H,14,18,19)/t4-,6?,7?,10-/m1/s1. The number of nitrogens with two attached hydrogens (primary N) is 1. The van der Waals surface area contributed by atoms with E-state index in [2.05, 4.69) is 5.18 Å². The molecule has 0 radical (unpaired) electrons. The molecule has 23 heavy (non-hydrogen) atoms. The Kier molecular flexibility index (Phi) is 3.59. The molecule has 0 amide bonds. The van der Waals surface area contributed by atoms with Crippen molar-refractivity contribution in [3.05, 3.63) is 25.7 Å². The van der Waals surface area contributed by atoms with Gasteiger partial charge in [-0.3, -0.25) is 9.78 Å². The van der Waals surface area contributed by atoms with Crippen LogP contribution >= 0.6 is 0 Å². The Bertz CT molecular complexity index is 755. The largest absolute Gasteiger partial charge is 0.394 e. The molecule has 4 N–H and O–H groups in total. The highest BCUT2D eigenvalue weighted by Crippen LogP contribution is 2.43. The van der Waals surface area contributed by atoms with Crippen molar-refractivity contribution in [3.63, 3.8) is 0 Å². The highest BCUT2D eigenvalue weighted by atomic mass is 16.8. The van der Waals surface area contributed by atoms with Crippen LogP contribution in [0.2, 0.25) is 0 Å². The van der Waals surface area contributed by atoms with Gasteiger partial charge in [-0.2, -0.15) is 0 Å². The molecule has 0 saturated carbocycles. The fraction of sp³-hybridized carbons (Fsp3) is 0.667. The Morgan fingerprint density at radius 3 is 2.61 bits per heavy atom. The molecule has 0 aliphatic carbocycles. The van der Waals surface area contributed by atoms with Gasteiger partial charge in [0.05, 0.1) is 6.61 Å². The molecule has 1 aromatic rings. The molecule has 3 heterocycles. The van der Waals surface area contributed by atoms with Crippen molar-refractivity contribution in [3.8, 4) is 0 Å². The van der Waals surface area contributed by atoms with Gasteiger partial charge in [-0.1, -0.05) is 0 Å². The number of hydrogen-bond acceptors (Lipinski definition) is 9. The summed E-state index contributed by atoms with van der Waals surface area (Å²) in [7, 11) is 0. The Labute approximate surface area is 128 Å². The number of aliphatic hydroxyl groups is 1. The van der Waals surface area contributed by atoms with Crippen LogP contribution in [0.4, 0.5) is 11.5 Å². The number of ether oxygens (including phenoxy) is 3. The van der Waals surface area contributed by atoms with Gasteiger partial charge in [-0.15, -0.1) is 4.91 Å². The molecule has 2 unspecified atom stereocenters. The molecule has 0 spiro atoms. The Hall–Kier alpha value is -2.08. The average molecular weight is 328 g/mol. The summed E-state index contributed by atoms with van der Waals surface area (Å²) in [5, 5.41) is 12.0. The number of fused-ring (bicyclic) bond motifs is 1. The molecule has 3 rings (SSSR count). The highest BCUT2D eigenvalue weighted by Gasteiger charge is 2.56. The Morgan fingerprint density at radius 1 is 1.35 bits per heavy atom. The number of nitroso groups, excluding NO2 is 1. The van der Waals surface area contributed by atoms with Crippen molar-refractivity contribution >= 4 is 11.5 Å². The number of anilines is 1. The monoisotopic (exact) mass is 328 g/mol. The lowest BCUT2D eigenvalue weighted by Gasteiger charge is -2.25. The van der Waals surface area contributed by atoms with E-state index in [0.29, 0.717) is 0 Å². The maximum absolute atomic E-state index is 12.1. The second-order valence-electron chi connectivity index (χ2n) is 5.77. The molecule has 4 atom stereocenters. The van der Waals surface area contributed by atoms with E-state index in [1.165, 1.54) is 0 Å². The average Bonchev–Trinajstić information content (AvgIpc) is 2.93. The SMILES string of the molecule is CC1(C)OC2C(O1)[C@@H](CO)O[C@H]2n1c(N)c(N=O)c(=O)[nH]c1=O. The molecule has 11 heteroatoms. The number of H-pyrrole nitrogens is 1. The number of aliphatic hydroxyl groups excluding tert-OH is 1. The number of hydrogen-bond donors (Lipinski definition) is 3. The second kappa shape index (κ2) is 5.23. The van der Waals surface area contributed by atoms with E-state index in [0.717, 1.165) is 4.57 Å². The number of nitrogen functional groups attached to an aromatic ring is 1. The van der Waals surface area contributed by atoms with Gasteiger partial charge in [-0.25, -0.2) is 9.36 Å². The summed E-state index contributed by atoms with van der Waals surface area (Å²) in [6, 6.07) is 0. The zero-order valence-corrected chi connectivity index (χ0v) is 12.4. The van der Waals surface area contributed by atoms with Gasteiger partial charge in [0.15, 0.2) is 12.0 Å². The van der Waals surface area contributed by atoms with Crippen molar-refractivity contribution in [2.75, 3.05) is 12.3 Å². The highest BCUT2D eigenvalue weighted by molar-refractivity contribution is 5.55. The van der Waals surface area contributed by atoms with Crippen LogP contribution in [0.1, 0.15) is 20.1 Å². The van der Waals surface area contributed by atoms with Crippen LogP contribution in [-0.4, -0.2) is 45.4 Å². The molecule has 2 saturated heterocycles. The van der Waals surface area contributed by atoms with Crippen molar-refractivity contribution in [2.24, 2.45) is 5.18 Å². The fourth-order valence-electron chi connectivity index (χ4n) is 2.91. The van der Waals surface area contributed by atoms with E-state index < -0.39 is 53.1 Å². The molecule has 2 aliphatic heterocycles. The van der Waals surface area contributed by atoms with Crippen LogP contribution in [-0.2, 0) is 14.2 Å². The van der Waals surface area contributed by atoms with Crippen LogP contribution in [0.25, 0.3) is 0 Å². The molecule has 2 aliphatic rings. The van der Waals surface area contributed by atoms with Gasteiger partial charge < -0.3 is 25.1 Å². The third kappa shape index (κ3) is 2.37. The van der Waals surface area contributed by atoms with Crippen LogP contribution < -0.4 is 17.0 Å². The number of nitrogens with one attached hydrogen (secondary N) is 1. The van der Waals surface area contributed by atoms with E-state index in [1.807, 2.05) is 4.98 Å². The van der Waals surface area contributed by atoms with Crippen molar-refractivity contribution < 1.29 is 19.3 Å². The predicted molar refractivity (Wildman–Crippen MR) is 76.0 cm³/mol. The molecule has 0 aromatic carbocycles. The number of aromatic nitrogens is 2. The van der Waals surface area contributed by atoms with Crippen molar-refractivity contribution in [2.45, 2.75) is 44.2 Å². The lowest BCUT2D eigenvalue weighted by molar-refractivity contribution is -0.200. The minimum absolute atomic E-state index is 0.367. The van der Waals surface area contributed by atoms with E-state index in [9.17, 15) is 19.6 Å². The predicted octanol–water partition coefficient (Wildman–Crippen LogP) is -1.07.